The summed E-state index contributed by atoms with van der Waals surface area (Å²) < 4.78 is 17.4. The third kappa shape index (κ3) is 6.13. The number of carbonyl (C=O) groups is 1. The molecular formula is C25H28ClFN8OS. The maximum atomic E-state index is 14.7. The predicted octanol–water partition coefficient (Wildman–Crippen LogP) is 4.24. The zero-order valence-corrected chi connectivity index (χ0v) is 21.8. The molecule has 6 N–H and O–H groups in total. The molecule has 1 aromatic carbocycles. The van der Waals surface area contributed by atoms with E-state index in [1.807, 2.05) is 19.2 Å². The molecule has 1 saturated carbocycles. The molecule has 12 heteroatoms. The minimum absolute atomic E-state index is 0.173. The van der Waals surface area contributed by atoms with Gasteiger partial charge in [0.2, 0.25) is 0 Å². The van der Waals surface area contributed by atoms with Crippen molar-refractivity contribution >= 4 is 46.1 Å². The Labute approximate surface area is 222 Å². The number of hydrazone groups is 1. The molecule has 0 saturated heterocycles. The lowest BCUT2D eigenvalue weighted by molar-refractivity contribution is 0.112. The molecule has 0 bridgehead atoms. The lowest BCUT2D eigenvalue weighted by Gasteiger charge is -2.31. The van der Waals surface area contributed by atoms with Crippen LogP contribution in [0.15, 0.2) is 53.8 Å². The van der Waals surface area contributed by atoms with Crippen molar-refractivity contribution < 1.29 is 9.18 Å². The van der Waals surface area contributed by atoms with Gasteiger partial charge in [-0.1, -0.05) is 23.7 Å². The van der Waals surface area contributed by atoms with E-state index in [0.717, 1.165) is 37.5 Å². The fraction of sp³-hybridized carbons (Fsp3) is 0.280. The monoisotopic (exact) mass is 542 g/mol. The fourth-order valence-electron chi connectivity index (χ4n) is 4.52. The van der Waals surface area contributed by atoms with Gasteiger partial charge in [0.25, 0.3) is 0 Å². The number of hydrogen-bond acceptors (Lipinski definition) is 8. The Balaban J connectivity index is 0.000000342. The Bertz CT molecular complexity index is 1400. The number of benzene rings is 1. The Morgan fingerprint density at radius 2 is 2.11 bits per heavy atom. The number of rotatable bonds is 6. The number of fused-ring (bicyclic) bond motifs is 1. The Hall–Kier alpha value is -3.38. The first-order valence-electron chi connectivity index (χ1n) is 11.7. The number of hydrogen-bond donors (Lipinski definition) is 4. The number of aromatic nitrogens is 3. The van der Waals surface area contributed by atoms with Gasteiger partial charge in [0.15, 0.2) is 12.1 Å². The van der Waals surface area contributed by atoms with Crippen molar-refractivity contribution in [3.63, 3.8) is 0 Å². The highest BCUT2D eigenvalue weighted by Gasteiger charge is 2.27. The summed E-state index contributed by atoms with van der Waals surface area (Å²) in [6.07, 6.45) is 6.58. The van der Waals surface area contributed by atoms with Gasteiger partial charge in [-0.2, -0.15) is 0 Å². The number of halogens is 2. The Morgan fingerprint density at radius 3 is 2.76 bits per heavy atom. The van der Waals surface area contributed by atoms with Crippen LogP contribution in [0.5, 0.6) is 0 Å². The highest BCUT2D eigenvalue weighted by Crippen LogP contribution is 2.36. The van der Waals surface area contributed by atoms with Crippen LogP contribution in [-0.4, -0.2) is 39.7 Å². The summed E-state index contributed by atoms with van der Waals surface area (Å²) in [4.78, 5) is 19.7. The van der Waals surface area contributed by atoms with Crippen molar-refractivity contribution in [1.29, 1.82) is 0 Å². The third-order valence-electron chi connectivity index (χ3n) is 6.27. The van der Waals surface area contributed by atoms with E-state index in [1.165, 1.54) is 17.4 Å². The van der Waals surface area contributed by atoms with Crippen LogP contribution in [0.25, 0.3) is 22.4 Å². The smallest absolute Gasteiger partial charge is 0.170 e. The van der Waals surface area contributed by atoms with E-state index in [0.29, 0.717) is 37.9 Å². The van der Waals surface area contributed by atoms with Crippen LogP contribution < -0.4 is 22.4 Å². The van der Waals surface area contributed by atoms with Crippen LogP contribution in [0.3, 0.4) is 0 Å². The molecule has 0 spiro atoms. The van der Waals surface area contributed by atoms with E-state index in [2.05, 4.69) is 25.5 Å². The van der Waals surface area contributed by atoms with Gasteiger partial charge in [-0.15, -0.1) is 16.4 Å². The number of nitrogens with two attached hydrogens (primary N) is 2. The number of pyridine rings is 1. The number of amidine groups is 1. The molecule has 0 amide bonds. The summed E-state index contributed by atoms with van der Waals surface area (Å²) in [5, 5.41) is 7.19. The molecule has 1 aliphatic rings. The fourth-order valence-corrected chi connectivity index (χ4v) is 5.40. The summed E-state index contributed by atoms with van der Waals surface area (Å²) in [6, 6.07) is 12.5. The van der Waals surface area contributed by atoms with Crippen molar-refractivity contribution in [1.82, 2.24) is 25.4 Å². The molecular weight excluding hydrogens is 515 g/mol. The number of aldehydes is 1. The summed E-state index contributed by atoms with van der Waals surface area (Å²) in [5.41, 5.74) is 10.6. The molecule has 3 aromatic heterocycles. The first-order chi connectivity index (χ1) is 17.9. The molecule has 1 fully saturated rings. The number of hydrazine groups is 1. The highest BCUT2D eigenvalue weighted by molar-refractivity contribution is 7.17. The normalized spacial score (nSPS) is 17.8. The maximum absolute atomic E-state index is 14.7. The van der Waals surface area contributed by atoms with Gasteiger partial charge in [0.1, 0.15) is 22.9 Å². The predicted molar refractivity (Wildman–Crippen MR) is 146 cm³/mol. The van der Waals surface area contributed by atoms with Gasteiger partial charge < -0.3 is 15.6 Å². The first-order valence-corrected chi connectivity index (χ1v) is 12.9. The van der Waals surface area contributed by atoms with Crippen molar-refractivity contribution in [3.05, 3.63) is 69.4 Å². The molecule has 0 aliphatic heterocycles. The number of carbonyl (C=O) groups excluding carboxylic acids is 1. The van der Waals surface area contributed by atoms with Crippen molar-refractivity contribution in [2.75, 3.05) is 7.05 Å². The van der Waals surface area contributed by atoms with Crippen LogP contribution >= 0.6 is 22.9 Å². The van der Waals surface area contributed by atoms with Crippen molar-refractivity contribution in [2.24, 2.45) is 16.7 Å². The second-order valence-electron chi connectivity index (χ2n) is 8.54. The van der Waals surface area contributed by atoms with Gasteiger partial charge in [-0.25, -0.2) is 20.8 Å². The molecule has 37 heavy (non-hydrogen) atoms. The lowest BCUT2D eigenvalue weighted by atomic mass is 9.90. The molecule has 2 atom stereocenters. The van der Waals surface area contributed by atoms with Gasteiger partial charge >= 0.3 is 0 Å². The molecule has 9 nitrogen and oxygen atoms in total. The van der Waals surface area contributed by atoms with Crippen LogP contribution in [-0.2, 0) is 0 Å². The summed E-state index contributed by atoms with van der Waals surface area (Å²) >= 11 is 6.78. The molecule has 4 aromatic rings. The van der Waals surface area contributed by atoms with E-state index >= 15 is 0 Å². The summed E-state index contributed by atoms with van der Waals surface area (Å²) in [7, 11) is 1.98. The largest absolute Gasteiger partial charge is 0.380 e. The quantitative estimate of drug-likeness (QED) is 0.0940. The number of imidazole rings is 1. The van der Waals surface area contributed by atoms with Crippen molar-refractivity contribution in [3.8, 4) is 11.4 Å². The van der Waals surface area contributed by atoms with Gasteiger partial charge in [-0.05, 0) is 63.1 Å². The second-order valence-corrected chi connectivity index (χ2v) is 10.3. The number of nitrogens with zero attached hydrogens (tertiary/aromatic N) is 4. The second kappa shape index (κ2) is 12.2. The average molecular weight is 543 g/mol. The zero-order valence-electron chi connectivity index (χ0n) is 20.2. The highest BCUT2D eigenvalue weighted by atomic mass is 35.5. The van der Waals surface area contributed by atoms with E-state index in [9.17, 15) is 9.18 Å². The number of nitrogens with one attached hydrogen (secondary N) is 2. The van der Waals surface area contributed by atoms with Gasteiger partial charge in [-0.3, -0.25) is 9.78 Å². The summed E-state index contributed by atoms with van der Waals surface area (Å²) in [6.45, 7) is 0. The first kappa shape index (κ1) is 26.7. The van der Waals surface area contributed by atoms with E-state index < -0.39 is 0 Å². The van der Waals surface area contributed by atoms with Gasteiger partial charge in [0.05, 0.1) is 26.5 Å². The molecule has 194 valence electrons. The average Bonchev–Trinajstić information content (AvgIpc) is 3.52. The Kier molecular flexibility index (Phi) is 8.82. The van der Waals surface area contributed by atoms with Crippen LogP contribution in [0, 0.1) is 5.82 Å². The van der Waals surface area contributed by atoms with E-state index in [1.54, 1.807) is 30.5 Å². The van der Waals surface area contributed by atoms with E-state index in [-0.39, 0.29) is 17.7 Å². The van der Waals surface area contributed by atoms with Crippen LogP contribution in [0.2, 0.25) is 4.34 Å². The lowest BCUT2D eigenvalue weighted by Crippen LogP contribution is -2.32. The molecule has 1 aliphatic carbocycles. The van der Waals surface area contributed by atoms with Crippen LogP contribution in [0.4, 0.5) is 4.39 Å². The molecule has 3 heterocycles. The third-order valence-corrected chi connectivity index (χ3v) is 7.42. The minimum Gasteiger partial charge on any atom is -0.380 e. The molecule has 5 rings (SSSR count). The van der Waals surface area contributed by atoms with E-state index in [4.69, 9.17) is 28.2 Å². The van der Waals surface area contributed by atoms with Gasteiger partial charge in [0, 0.05) is 12.1 Å². The molecule has 0 radical (unpaired) electrons. The number of thiophene rings is 1. The SMILES string of the molecule is CNC1CCCC(n2c(-c3ccccc3F)nc3cnc(/C(N)=N/NN)cc32)C1.O=Cc1ccc(Cl)s1. The maximum Gasteiger partial charge on any atom is 0.170 e. The van der Waals surface area contributed by atoms with Crippen molar-refractivity contribution in [2.45, 2.75) is 37.8 Å². The zero-order chi connectivity index (χ0) is 26.4. The summed E-state index contributed by atoms with van der Waals surface area (Å²) in [5.74, 6) is 5.72. The molecule has 2 unspecified atom stereocenters. The topological polar surface area (TPSA) is 136 Å². The minimum atomic E-state index is -0.299. The van der Waals surface area contributed by atoms with Crippen LogP contribution in [0.1, 0.15) is 47.1 Å². The standard InChI is InChI=1S/C20H25FN8.C5H3ClOS/c1-24-12-5-4-6-13(9-12)29-18-10-16(19(22)27-28-23)25-11-17(18)26-20(29)14-7-2-3-8-15(14)21;6-5-2-1-4(3-7)8-5/h2-3,7-8,10-13,24,28H,4-6,9,23H2,1H3,(H2,22,27);1-3H. The Morgan fingerprint density at radius 1 is 1.30 bits per heavy atom.